The first-order valence-electron chi connectivity index (χ1n) is 5.65. The molecule has 20 heavy (non-hydrogen) atoms. The molecule has 0 fully saturated rings. The normalized spacial score (nSPS) is 11.9. The van der Waals surface area contributed by atoms with Gasteiger partial charge in [-0.15, -0.1) is 5.10 Å². The summed E-state index contributed by atoms with van der Waals surface area (Å²) in [5.41, 5.74) is 4.82. The van der Waals surface area contributed by atoms with E-state index in [1.54, 1.807) is 0 Å². The molecule has 1 aromatic rings. The van der Waals surface area contributed by atoms with Crippen molar-refractivity contribution in [2.24, 2.45) is 5.73 Å². The van der Waals surface area contributed by atoms with E-state index in [1.807, 2.05) is 5.32 Å². The zero-order valence-corrected chi connectivity index (χ0v) is 11.0. The molecule has 1 rings (SSSR count). The van der Waals surface area contributed by atoms with Crippen LogP contribution in [0.1, 0.15) is 29.1 Å². The van der Waals surface area contributed by atoms with Gasteiger partial charge in [0.05, 0.1) is 12.3 Å². The number of nitrogens with one attached hydrogen (secondary N) is 1. The van der Waals surface area contributed by atoms with Crippen LogP contribution in [0.5, 0.6) is 0 Å². The standard InChI is InChI=1S/C10H15N5O5/c1-5(8(16)12-10(11)19)15-6(3-4-20-2)7(9(17)18)13-14-15/h5H,3-4H2,1-2H3,(H,17,18)(H3,11,12,16,19). The summed E-state index contributed by atoms with van der Waals surface area (Å²) in [6.07, 6.45) is 0.208. The first-order chi connectivity index (χ1) is 9.38. The van der Waals surface area contributed by atoms with Gasteiger partial charge in [0, 0.05) is 13.5 Å². The van der Waals surface area contributed by atoms with Crippen molar-refractivity contribution in [2.75, 3.05) is 13.7 Å². The van der Waals surface area contributed by atoms with Crippen LogP contribution in [-0.2, 0) is 16.0 Å². The second-order valence-corrected chi connectivity index (χ2v) is 3.91. The van der Waals surface area contributed by atoms with E-state index in [4.69, 9.17) is 15.6 Å². The maximum atomic E-state index is 11.7. The minimum Gasteiger partial charge on any atom is -0.476 e. The SMILES string of the molecule is COCCc1c(C(=O)O)nnn1C(C)C(=O)NC(N)=O. The minimum absolute atomic E-state index is 0.208. The van der Waals surface area contributed by atoms with Crippen molar-refractivity contribution in [3.05, 3.63) is 11.4 Å². The molecule has 1 atom stereocenters. The maximum absolute atomic E-state index is 11.7. The molecule has 0 aliphatic rings. The third-order valence-corrected chi connectivity index (χ3v) is 2.53. The summed E-state index contributed by atoms with van der Waals surface area (Å²) < 4.78 is 6.00. The summed E-state index contributed by atoms with van der Waals surface area (Å²) in [5.74, 6) is -1.97. The van der Waals surface area contributed by atoms with E-state index in [1.165, 1.54) is 14.0 Å². The lowest BCUT2D eigenvalue weighted by atomic mass is 10.2. The molecule has 0 saturated heterocycles. The fourth-order valence-electron chi connectivity index (χ4n) is 1.56. The lowest BCUT2D eigenvalue weighted by Crippen LogP contribution is -2.39. The van der Waals surface area contributed by atoms with Gasteiger partial charge in [0.1, 0.15) is 6.04 Å². The molecule has 4 N–H and O–H groups in total. The zero-order valence-electron chi connectivity index (χ0n) is 11.0. The Kier molecular flexibility index (Phi) is 5.15. The molecule has 110 valence electrons. The number of carbonyl (C=O) groups excluding carboxylic acids is 2. The zero-order chi connectivity index (χ0) is 15.3. The number of ether oxygens (including phenoxy) is 1. The van der Waals surface area contributed by atoms with Crippen molar-refractivity contribution in [1.82, 2.24) is 20.3 Å². The Morgan fingerprint density at radius 2 is 2.15 bits per heavy atom. The average molecular weight is 285 g/mol. The number of urea groups is 1. The molecule has 0 spiro atoms. The number of imide groups is 1. The third kappa shape index (κ3) is 3.51. The number of carboxylic acids is 1. The number of hydrogen-bond acceptors (Lipinski definition) is 6. The highest BCUT2D eigenvalue weighted by molar-refractivity contribution is 5.95. The topological polar surface area (TPSA) is 149 Å². The van der Waals surface area contributed by atoms with Crippen LogP contribution in [0.3, 0.4) is 0 Å². The summed E-state index contributed by atoms with van der Waals surface area (Å²) >= 11 is 0. The number of nitrogens with two attached hydrogens (primary N) is 1. The van der Waals surface area contributed by atoms with E-state index in [2.05, 4.69) is 10.3 Å². The molecule has 0 aliphatic carbocycles. The predicted octanol–water partition coefficient (Wildman–Crippen LogP) is -1.08. The molecular weight excluding hydrogens is 270 g/mol. The Morgan fingerprint density at radius 3 is 2.65 bits per heavy atom. The van der Waals surface area contributed by atoms with Crippen molar-refractivity contribution in [3.63, 3.8) is 0 Å². The second-order valence-electron chi connectivity index (χ2n) is 3.91. The summed E-state index contributed by atoms with van der Waals surface area (Å²) in [7, 11) is 1.46. The summed E-state index contributed by atoms with van der Waals surface area (Å²) in [5, 5.41) is 18.1. The van der Waals surface area contributed by atoms with Gasteiger partial charge in [-0.3, -0.25) is 10.1 Å². The fourth-order valence-corrected chi connectivity index (χ4v) is 1.56. The van der Waals surface area contributed by atoms with E-state index in [-0.39, 0.29) is 24.4 Å². The van der Waals surface area contributed by atoms with E-state index >= 15 is 0 Å². The average Bonchev–Trinajstić information content (AvgIpc) is 2.78. The molecule has 0 saturated carbocycles. The molecule has 0 aliphatic heterocycles. The molecule has 1 heterocycles. The van der Waals surface area contributed by atoms with Gasteiger partial charge in [0.25, 0.3) is 5.91 Å². The van der Waals surface area contributed by atoms with Gasteiger partial charge in [0.15, 0.2) is 5.69 Å². The number of nitrogens with zero attached hydrogens (tertiary/aromatic N) is 3. The Bertz CT molecular complexity index is 526. The van der Waals surface area contributed by atoms with Gasteiger partial charge in [-0.25, -0.2) is 14.3 Å². The van der Waals surface area contributed by atoms with Crippen LogP contribution < -0.4 is 11.1 Å². The molecule has 1 aromatic heterocycles. The highest BCUT2D eigenvalue weighted by atomic mass is 16.5. The minimum atomic E-state index is -1.26. The Balaban J connectivity index is 3.07. The van der Waals surface area contributed by atoms with Gasteiger partial charge in [0.2, 0.25) is 0 Å². The summed E-state index contributed by atoms with van der Waals surface area (Å²) in [6.45, 7) is 1.67. The molecular formula is C10H15N5O5. The molecule has 3 amide bonds. The van der Waals surface area contributed by atoms with Gasteiger partial charge >= 0.3 is 12.0 Å². The Hall–Kier alpha value is -2.49. The quantitative estimate of drug-likeness (QED) is 0.601. The van der Waals surface area contributed by atoms with Crippen LogP contribution in [0.4, 0.5) is 4.79 Å². The number of hydrogen-bond donors (Lipinski definition) is 3. The summed E-state index contributed by atoms with van der Waals surface area (Å²) in [4.78, 5) is 33.4. The lowest BCUT2D eigenvalue weighted by Gasteiger charge is -2.13. The van der Waals surface area contributed by atoms with Crippen LogP contribution in [0, 0.1) is 0 Å². The van der Waals surface area contributed by atoms with Crippen molar-refractivity contribution in [1.29, 1.82) is 0 Å². The number of primary amides is 1. The lowest BCUT2D eigenvalue weighted by molar-refractivity contribution is -0.123. The van der Waals surface area contributed by atoms with Gasteiger partial charge < -0.3 is 15.6 Å². The number of carbonyl (C=O) groups is 3. The Morgan fingerprint density at radius 1 is 1.50 bits per heavy atom. The van der Waals surface area contributed by atoms with Gasteiger partial charge in [-0.2, -0.15) is 0 Å². The number of aromatic nitrogens is 3. The molecule has 0 aromatic carbocycles. The predicted molar refractivity (Wildman–Crippen MR) is 65.0 cm³/mol. The van der Waals surface area contributed by atoms with Gasteiger partial charge in [-0.05, 0) is 6.92 Å². The molecule has 10 heteroatoms. The van der Waals surface area contributed by atoms with Gasteiger partial charge in [-0.1, -0.05) is 5.21 Å². The molecule has 1 unspecified atom stereocenters. The van der Waals surface area contributed by atoms with Crippen molar-refractivity contribution >= 4 is 17.9 Å². The van der Waals surface area contributed by atoms with E-state index in [0.29, 0.717) is 0 Å². The maximum Gasteiger partial charge on any atom is 0.358 e. The largest absolute Gasteiger partial charge is 0.476 e. The second kappa shape index (κ2) is 6.61. The number of aromatic carboxylic acids is 1. The van der Waals surface area contributed by atoms with Crippen LogP contribution in [0.15, 0.2) is 0 Å². The van der Waals surface area contributed by atoms with Crippen LogP contribution in [0.25, 0.3) is 0 Å². The van der Waals surface area contributed by atoms with E-state index < -0.39 is 23.9 Å². The first-order valence-corrected chi connectivity index (χ1v) is 5.65. The van der Waals surface area contributed by atoms with Crippen LogP contribution in [-0.4, -0.2) is 51.7 Å². The molecule has 10 nitrogen and oxygen atoms in total. The highest BCUT2D eigenvalue weighted by Gasteiger charge is 2.25. The van der Waals surface area contributed by atoms with E-state index in [0.717, 1.165) is 4.68 Å². The highest BCUT2D eigenvalue weighted by Crippen LogP contribution is 2.13. The summed E-state index contributed by atoms with van der Waals surface area (Å²) in [6, 6.07) is -1.94. The van der Waals surface area contributed by atoms with Crippen LogP contribution >= 0.6 is 0 Å². The van der Waals surface area contributed by atoms with Crippen molar-refractivity contribution < 1.29 is 24.2 Å². The number of carboxylic acid groups (broad SMARTS) is 1. The molecule has 0 radical (unpaired) electrons. The number of methoxy groups -OCH3 is 1. The molecule has 0 bridgehead atoms. The number of rotatable bonds is 6. The smallest absolute Gasteiger partial charge is 0.358 e. The van der Waals surface area contributed by atoms with Crippen molar-refractivity contribution in [3.8, 4) is 0 Å². The number of amides is 3. The Labute approximate surface area is 113 Å². The van der Waals surface area contributed by atoms with Crippen molar-refractivity contribution in [2.45, 2.75) is 19.4 Å². The monoisotopic (exact) mass is 285 g/mol. The fraction of sp³-hybridized carbons (Fsp3) is 0.500. The van der Waals surface area contributed by atoms with E-state index in [9.17, 15) is 14.4 Å². The van der Waals surface area contributed by atoms with Crippen LogP contribution in [0.2, 0.25) is 0 Å². The third-order valence-electron chi connectivity index (χ3n) is 2.53. The first kappa shape index (κ1) is 15.6.